The zero-order valence-electron chi connectivity index (χ0n) is 18.8. The van der Waals surface area contributed by atoms with Gasteiger partial charge in [-0.25, -0.2) is 9.97 Å². The van der Waals surface area contributed by atoms with E-state index >= 15 is 0 Å². The summed E-state index contributed by atoms with van der Waals surface area (Å²) in [4.78, 5) is 9.29. The normalized spacial score (nSPS) is 11.0. The summed E-state index contributed by atoms with van der Waals surface area (Å²) in [6.07, 6.45) is 3.76. The van der Waals surface area contributed by atoms with Gasteiger partial charge >= 0.3 is 0 Å². The second-order valence-corrected chi connectivity index (χ2v) is 7.97. The second kappa shape index (κ2) is 9.17. The predicted octanol–water partition coefficient (Wildman–Crippen LogP) is 6.41. The Bertz CT molecular complexity index is 1360. The smallest absolute Gasteiger partial charge is 0.150 e. The van der Waals surface area contributed by atoms with Crippen LogP contribution in [0.3, 0.4) is 0 Å². The van der Waals surface area contributed by atoms with E-state index in [0.717, 1.165) is 39.4 Å². The average Bonchev–Trinajstić information content (AvgIpc) is 3.25. The molecule has 0 aliphatic heterocycles. The van der Waals surface area contributed by atoms with Crippen LogP contribution in [0.2, 0.25) is 0 Å². The third-order valence-electron chi connectivity index (χ3n) is 5.67. The topological polar surface area (TPSA) is 52.0 Å². The van der Waals surface area contributed by atoms with E-state index in [0.29, 0.717) is 13.2 Å². The number of nitrogens with one attached hydrogen (secondary N) is 1. The van der Waals surface area contributed by atoms with Gasteiger partial charge in [0.05, 0.1) is 12.0 Å². The van der Waals surface area contributed by atoms with Crippen molar-refractivity contribution < 1.29 is 4.74 Å². The van der Waals surface area contributed by atoms with E-state index in [9.17, 15) is 0 Å². The largest absolute Gasteiger partial charge is 0.494 e. The lowest BCUT2D eigenvalue weighted by molar-refractivity contribution is 0.340. The molecule has 164 valence electrons. The molecule has 5 nitrogen and oxygen atoms in total. The molecule has 0 atom stereocenters. The van der Waals surface area contributed by atoms with Crippen molar-refractivity contribution in [3.05, 3.63) is 103 Å². The molecule has 5 heteroatoms. The average molecular weight is 435 g/mol. The lowest BCUT2D eigenvalue weighted by atomic mass is 10.1. The van der Waals surface area contributed by atoms with E-state index < -0.39 is 0 Å². The molecule has 0 radical (unpaired) electrons. The lowest BCUT2D eigenvalue weighted by Gasteiger charge is -2.10. The van der Waals surface area contributed by atoms with Crippen LogP contribution in [-0.2, 0) is 6.54 Å². The second-order valence-electron chi connectivity index (χ2n) is 7.97. The summed E-state index contributed by atoms with van der Waals surface area (Å²) in [5.41, 5.74) is 6.56. The highest BCUT2D eigenvalue weighted by Gasteiger charge is 2.17. The Morgan fingerprint density at radius 3 is 2.36 bits per heavy atom. The van der Waals surface area contributed by atoms with Crippen LogP contribution in [0.25, 0.3) is 27.8 Å². The first kappa shape index (κ1) is 20.8. The monoisotopic (exact) mass is 434 g/mol. The highest BCUT2D eigenvalue weighted by molar-refractivity contribution is 6.02. The van der Waals surface area contributed by atoms with E-state index in [-0.39, 0.29) is 0 Å². The Balaban J connectivity index is 1.60. The third kappa shape index (κ3) is 4.30. The molecule has 0 saturated carbocycles. The van der Waals surface area contributed by atoms with Crippen LogP contribution in [0, 0.1) is 6.92 Å². The Kier molecular flexibility index (Phi) is 5.77. The first-order chi connectivity index (χ1) is 16.2. The van der Waals surface area contributed by atoms with Gasteiger partial charge in [-0.1, -0.05) is 60.2 Å². The highest BCUT2D eigenvalue weighted by atomic mass is 16.5. The number of rotatable bonds is 7. The maximum absolute atomic E-state index is 5.61. The molecule has 3 aromatic carbocycles. The molecule has 5 aromatic rings. The SMILES string of the molecule is CCOc1ccc(-n2cc(-c3ccccc3)c3c(NCc4ccc(C)cc4)ncnc32)cc1. The van der Waals surface area contributed by atoms with Crippen molar-refractivity contribution in [2.75, 3.05) is 11.9 Å². The fraction of sp³-hybridized carbons (Fsp3) is 0.143. The number of fused-ring (bicyclic) bond motifs is 1. The summed E-state index contributed by atoms with van der Waals surface area (Å²) >= 11 is 0. The molecule has 0 spiro atoms. The minimum atomic E-state index is 0.646. The molecular weight excluding hydrogens is 408 g/mol. The number of aromatic nitrogens is 3. The molecule has 5 rings (SSSR count). The van der Waals surface area contributed by atoms with Crippen LogP contribution < -0.4 is 10.1 Å². The van der Waals surface area contributed by atoms with Gasteiger partial charge in [-0.3, -0.25) is 0 Å². The van der Waals surface area contributed by atoms with Crippen molar-refractivity contribution in [1.29, 1.82) is 0 Å². The molecule has 33 heavy (non-hydrogen) atoms. The minimum absolute atomic E-state index is 0.646. The Morgan fingerprint density at radius 2 is 1.64 bits per heavy atom. The van der Waals surface area contributed by atoms with Gasteiger partial charge in [0.25, 0.3) is 0 Å². The van der Waals surface area contributed by atoms with Gasteiger partial charge in [-0.05, 0) is 49.2 Å². The third-order valence-corrected chi connectivity index (χ3v) is 5.67. The number of hydrogen-bond acceptors (Lipinski definition) is 4. The van der Waals surface area contributed by atoms with Crippen molar-refractivity contribution in [3.63, 3.8) is 0 Å². The molecule has 0 unspecified atom stereocenters. The maximum Gasteiger partial charge on any atom is 0.150 e. The molecular formula is C28H26N4O. The molecule has 0 aliphatic carbocycles. The van der Waals surface area contributed by atoms with Crippen LogP contribution in [0.1, 0.15) is 18.1 Å². The zero-order chi connectivity index (χ0) is 22.6. The fourth-order valence-electron chi connectivity index (χ4n) is 3.99. The summed E-state index contributed by atoms with van der Waals surface area (Å²) in [6.45, 7) is 5.42. The van der Waals surface area contributed by atoms with Crippen molar-refractivity contribution in [2.45, 2.75) is 20.4 Å². The molecule has 2 aromatic heterocycles. The molecule has 0 bridgehead atoms. The number of ether oxygens (including phenoxy) is 1. The van der Waals surface area contributed by atoms with E-state index in [1.54, 1.807) is 6.33 Å². The molecule has 0 saturated heterocycles. The molecule has 0 amide bonds. The van der Waals surface area contributed by atoms with E-state index in [1.165, 1.54) is 11.1 Å². The van der Waals surface area contributed by atoms with Crippen LogP contribution in [0.15, 0.2) is 91.4 Å². The fourth-order valence-corrected chi connectivity index (χ4v) is 3.99. The molecule has 2 heterocycles. The standard InChI is InChI=1S/C28H26N4O/c1-3-33-24-15-13-23(14-16-24)32-18-25(22-7-5-4-6-8-22)26-27(30-19-31-28(26)32)29-17-21-11-9-20(2)10-12-21/h4-16,18-19H,3,17H2,1-2H3,(H,29,30,31). The number of aryl methyl sites for hydroxylation is 1. The number of anilines is 1. The first-order valence-corrected chi connectivity index (χ1v) is 11.2. The number of nitrogens with zero attached hydrogens (tertiary/aromatic N) is 3. The van der Waals surface area contributed by atoms with Gasteiger partial charge < -0.3 is 14.6 Å². The van der Waals surface area contributed by atoms with Crippen LogP contribution in [0.5, 0.6) is 5.75 Å². The summed E-state index contributed by atoms with van der Waals surface area (Å²) in [5, 5.41) is 4.54. The Labute approximate surface area is 193 Å². The van der Waals surface area contributed by atoms with Crippen molar-refractivity contribution in [1.82, 2.24) is 14.5 Å². The summed E-state index contributed by atoms with van der Waals surface area (Å²) in [7, 11) is 0. The minimum Gasteiger partial charge on any atom is -0.494 e. The van der Waals surface area contributed by atoms with Gasteiger partial charge in [0.1, 0.15) is 17.9 Å². The van der Waals surface area contributed by atoms with Gasteiger partial charge in [0.2, 0.25) is 0 Å². The predicted molar refractivity (Wildman–Crippen MR) is 134 cm³/mol. The van der Waals surface area contributed by atoms with Gasteiger partial charge in [-0.15, -0.1) is 0 Å². The van der Waals surface area contributed by atoms with Crippen molar-refractivity contribution in [3.8, 4) is 22.6 Å². The zero-order valence-corrected chi connectivity index (χ0v) is 18.8. The van der Waals surface area contributed by atoms with E-state index in [2.05, 4.69) is 93.6 Å². The summed E-state index contributed by atoms with van der Waals surface area (Å²) in [6, 6.07) is 27.0. The number of benzene rings is 3. The Morgan fingerprint density at radius 1 is 0.879 bits per heavy atom. The van der Waals surface area contributed by atoms with Crippen LogP contribution >= 0.6 is 0 Å². The Hall–Kier alpha value is -4.12. The van der Waals surface area contributed by atoms with Crippen LogP contribution in [0.4, 0.5) is 5.82 Å². The molecule has 0 fully saturated rings. The summed E-state index contributed by atoms with van der Waals surface area (Å²) < 4.78 is 7.73. The van der Waals surface area contributed by atoms with E-state index in [1.807, 2.05) is 25.1 Å². The van der Waals surface area contributed by atoms with Gasteiger partial charge in [-0.2, -0.15) is 0 Å². The quantitative estimate of drug-likeness (QED) is 0.322. The summed E-state index contributed by atoms with van der Waals surface area (Å²) in [5.74, 6) is 1.68. The van der Waals surface area contributed by atoms with Crippen LogP contribution in [-0.4, -0.2) is 21.1 Å². The van der Waals surface area contributed by atoms with E-state index in [4.69, 9.17) is 4.74 Å². The first-order valence-electron chi connectivity index (χ1n) is 11.2. The van der Waals surface area contributed by atoms with Gasteiger partial charge in [0.15, 0.2) is 5.65 Å². The van der Waals surface area contributed by atoms with Gasteiger partial charge in [0, 0.05) is 24.0 Å². The van der Waals surface area contributed by atoms with Crippen molar-refractivity contribution >= 4 is 16.9 Å². The highest BCUT2D eigenvalue weighted by Crippen LogP contribution is 2.35. The number of hydrogen-bond donors (Lipinski definition) is 1. The molecule has 1 N–H and O–H groups in total. The lowest BCUT2D eigenvalue weighted by Crippen LogP contribution is -2.03. The molecule has 0 aliphatic rings. The van der Waals surface area contributed by atoms with Crippen molar-refractivity contribution in [2.24, 2.45) is 0 Å². The maximum atomic E-state index is 5.61.